The number of benzene rings is 2. The van der Waals surface area contributed by atoms with E-state index in [2.05, 4.69) is 10.2 Å². The molecule has 0 unspecified atom stereocenters. The van der Waals surface area contributed by atoms with Crippen LogP contribution in [0, 0.1) is 6.92 Å². The van der Waals surface area contributed by atoms with Crippen LogP contribution >= 0.6 is 11.6 Å². The van der Waals surface area contributed by atoms with E-state index in [0.29, 0.717) is 27.8 Å². The fraction of sp³-hybridized carbons (Fsp3) is 0.0556. The zero-order valence-electron chi connectivity index (χ0n) is 13.0. The minimum Gasteiger partial charge on any atom is -0.449 e. The molecule has 7 heteroatoms. The lowest BCUT2D eigenvalue weighted by Crippen LogP contribution is -2.08. The topological polar surface area (TPSA) is 78.4 Å². The molecular weight excluding hydrogens is 344 g/mol. The van der Waals surface area contributed by atoms with Crippen LogP contribution in [0.4, 0.5) is 0 Å². The van der Waals surface area contributed by atoms with Gasteiger partial charge in [-0.05, 0) is 49.4 Å². The van der Waals surface area contributed by atoms with E-state index in [4.69, 9.17) is 25.2 Å². The number of carbonyl (C=O) groups excluding carboxylic acids is 1. The van der Waals surface area contributed by atoms with Crippen LogP contribution in [0.1, 0.15) is 16.1 Å². The second kappa shape index (κ2) is 6.07. The smallest absolute Gasteiger partial charge is 0.379 e. The number of halogens is 1. The molecule has 0 fully saturated rings. The fourth-order valence-electron chi connectivity index (χ4n) is 2.51. The van der Waals surface area contributed by atoms with Gasteiger partial charge in [-0.2, -0.15) is 0 Å². The van der Waals surface area contributed by atoms with Crippen molar-refractivity contribution < 1.29 is 18.4 Å². The van der Waals surface area contributed by atoms with Crippen molar-refractivity contribution in [1.82, 2.24) is 10.2 Å². The van der Waals surface area contributed by atoms with Gasteiger partial charge in [-0.15, -0.1) is 10.2 Å². The van der Waals surface area contributed by atoms with E-state index in [0.717, 1.165) is 10.9 Å². The summed E-state index contributed by atoms with van der Waals surface area (Å²) in [5, 5.41) is 8.80. The van der Waals surface area contributed by atoms with Crippen LogP contribution in [0.3, 0.4) is 0 Å². The highest BCUT2D eigenvalue weighted by molar-refractivity contribution is 6.31. The number of furan rings is 1. The van der Waals surface area contributed by atoms with E-state index in [1.807, 2.05) is 0 Å². The molecule has 2 aromatic carbocycles. The molecule has 0 radical (unpaired) electrons. The molecule has 6 nitrogen and oxygen atoms in total. The minimum atomic E-state index is -0.574. The zero-order valence-corrected chi connectivity index (χ0v) is 13.8. The molecule has 0 aliphatic rings. The van der Waals surface area contributed by atoms with Gasteiger partial charge in [-0.1, -0.05) is 11.6 Å². The fourth-order valence-corrected chi connectivity index (χ4v) is 2.68. The lowest BCUT2D eigenvalue weighted by atomic mass is 10.1. The number of nitrogens with zero attached hydrogens (tertiary/aromatic N) is 2. The number of carbonyl (C=O) groups is 1. The van der Waals surface area contributed by atoms with Gasteiger partial charge >= 0.3 is 5.97 Å². The van der Waals surface area contributed by atoms with E-state index in [1.54, 1.807) is 49.4 Å². The van der Waals surface area contributed by atoms with Crippen LogP contribution in [0.5, 0.6) is 5.75 Å². The highest BCUT2D eigenvalue weighted by atomic mass is 35.5. The summed E-state index contributed by atoms with van der Waals surface area (Å²) in [7, 11) is 0. The Bertz CT molecular complexity index is 1050. The average molecular weight is 355 g/mol. The molecule has 2 aromatic heterocycles. The number of rotatable bonds is 3. The van der Waals surface area contributed by atoms with Crippen LogP contribution < -0.4 is 4.74 Å². The Balaban J connectivity index is 1.59. The third-order valence-electron chi connectivity index (χ3n) is 3.76. The summed E-state index contributed by atoms with van der Waals surface area (Å²) in [6, 6.07) is 11.9. The first-order chi connectivity index (χ1) is 12.1. The van der Waals surface area contributed by atoms with Gasteiger partial charge in [0.1, 0.15) is 11.3 Å². The van der Waals surface area contributed by atoms with Gasteiger partial charge in [0.25, 0.3) is 0 Å². The first-order valence-electron chi connectivity index (χ1n) is 7.39. The predicted octanol–water partition coefficient (Wildman–Crippen LogP) is 4.66. The highest BCUT2D eigenvalue weighted by Crippen LogP contribution is 2.29. The number of hydrogen-bond donors (Lipinski definition) is 0. The molecule has 25 heavy (non-hydrogen) atoms. The van der Waals surface area contributed by atoms with Gasteiger partial charge in [0.05, 0.1) is 0 Å². The van der Waals surface area contributed by atoms with Crippen molar-refractivity contribution in [3.8, 4) is 17.2 Å². The summed E-state index contributed by atoms with van der Waals surface area (Å²) in [5.74, 6) is 0.350. The normalized spacial score (nSPS) is 11.0. The average Bonchev–Trinajstić information content (AvgIpc) is 3.25. The molecule has 0 saturated heterocycles. The zero-order chi connectivity index (χ0) is 17.4. The third-order valence-corrected chi connectivity index (χ3v) is 3.99. The van der Waals surface area contributed by atoms with Gasteiger partial charge < -0.3 is 13.6 Å². The summed E-state index contributed by atoms with van der Waals surface area (Å²) in [5.41, 5.74) is 2.00. The highest BCUT2D eigenvalue weighted by Gasteiger charge is 2.20. The van der Waals surface area contributed by atoms with Crippen molar-refractivity contribution in [2.75, 3.05) is 0 Å². The van der Waals surface area contributed by atoms with Crippen molar-refractivity contribution >= 4 is 28.5 Å². The Morgan fingerprint density at radius 2 is 1.96 bits per heavy atom. The summed E-state index contributed by atoms with van der Waals surface area (Å²) in [6.07, 6.45) is 1.25. The molecule has 0 atom stereocenters. The maximum Gasteiger partial charge on any atom is 0.379 e. The van der Waals surface area contributed by atoms with Crippen LogP contribution in [0.2, 0.25) is 5.02 Å². The van der Waals surface area contributed by atoms with Crippen molar-refractivity contribution in [3.63, 3.8) is 0 Å². The molecule has 0 aliphatic heterocycles. The first-order valence-corrected chi connectivity index (χ1v) is 7.77. The van der Waals surface area contributed by atoms with Crippen LogP contribution in [-0.2, 0) is 0 Å². The molecule has 0 aliphatic carbocycles. The molecule has 0 amide bonds. The molecule has 0 saturated carbocycles. The lowest BCUT2D eigenvalue weighted by molar-refractivity contribution is 0.0703. The van der Waals surface area contributed by atoms with Crippen molar-refractivity contribution in [1.29, 1.82) is 0 Å². The molecule has 0 N–H and O–H groups in total. The van der Waals surface area contributed by atoms with Crippen LogP contribution in [0.15, 0.2) is 57.7 Å². The third kappa shape index (κ3) is 2.88. The van der Waals surface area contributed by atoms with E-state index in [-0.39, 0.29) is 5.76 Å². The van der Waals surface area contributed by atoms with E-state index < -0.39 is 5.97 Å². The van der Waals surface area contributed by atoms with Gasteiger partial charge in [0.15, 0.2) is 0 Å². The quantitative estimate of drug-likeness (QED) is 0.393. The van der Waals surface area contributed by atoms with Crippen molar-refractivity contribution in [3.05, 3.63) is 65.2 Å². The Morgan fingerprint density at radius 1 is 1.16 bits per heavy atom. The van der Waals surface area contributed by atoms with E-state index >= 15 is 0 Å². The second-order valence-corrected chi connectivity index (χ2v) is 5.79. The summed E-state index contributed by atoms with van der Waals surface area (Å²) < 4.78 is 16.1. The maximum absolute atomic E-state index is 12.4. The summed E-state index contributed by atoms with van der Waals surface area (Å²) in [6.45, 7) is 1.79. The number of aryl methyl sites for hydroxylation is 1. The van der Waals surface area contributed by atoms with Crippen LogP contribution in [0.25, 0.3) is 22.4 Å². The largest absolute Gasteiger partial charge is 0.449 e. The Hall–Kier alpha value is -3.12. The molecular formula is C18H11ClN2O4. The standard InChI is InChI=1S/C18H11ClN2O4/c1-10-14-8-12(19)4-7-15(14)25-16(10)18(22)24-13-5-2-11(3-6-13)17-21-20-9-23-17/h2-9H,1H3. The molecule has 124 valence electrons. The molecule has 4 aromatic rings. The van der Waals surface area contributed by atoms with Gasteiger partial charge in [0.2, 0.25) is 18.0 Å². The number of ether oxygens (including phenoxy) is 1. The summed E-state index contributed by atoms with van der Waals surface area (Å²) in [4.78, 5) is 12.4. The molecule has 2 heterocycles. The number of esters is 1. The Kier molecular flexibility index (Phi) is 3.74. The first kappa shape index (κ1) is 15.4. The van der Waals surface area contributed by atoms with Crippen molar-refractivity contribution in [2.45, 2.75) is 6.92 Å². The maximum atomic E-state index is 12.4. The van der Waals surface area contributed by atoms with Crippen LogP contribution in [-0.4, -0.2) is 16.2 Å². The lowest BCUT2D eigenvalue weighted by Gasteiger charge is -2.03. The van der Waals surface area contributed by atoms with Crippen molar-refractivity contribution in [2.24, 2.45) is 0 Å². The molecule has 0 bridgehead atoms. The van der Waals surface area contributed by atoms with Gasteiger partial charge in [-0.3, -0.25) is 0 Å². The predicted molar refractivity (Wildman–Crippen MR) is 90.7 cm³/mol. The molecule has 4 rings (SSSR count). The number of hydrogen-bond acceptors (Lipinski definition) is 6. The SMILES string of the molecule is Cc1c(C(=O)Oc2ccc(-c3nnco3)cc2)oc2ccc(Cl)cc12. The van der Waals surface area contributed by atoms with Gasteiger partial charge in [-0.25, -0.2) is 4.79 Å². The summed E-state index contributed by atoms with van der Waals surface area (Å²) >= 11 is 5.99. The second-order valence-electron chi connectivity index (χ2n) is 5.35. The van der Waals surface area contributed by atoms with E-state index in [9.17, 15) is 4.79 Å². The van der Waals surface area contributed by atoms with E-state index in [1.165, 1.54) is 6.39 Å². The molecule has 0 spiro atoms. The Labute approximate surface area is 147 Å². The number of aromatic nitrogens is 2. The Morgan fingerprint density at radius 3 is 2.68 bits per heavy atom. The number of fused-ring (bicyclic) bond motifs is 1. The van der Waals surface area contributed by atoms with Gasteiger partial charge in [0, 0.05) is 21.5 Å². The minimum absolute atomic E-state index is 0.151. The monoisotopic (exact) mass is 354 g/mol.